The fourth-order valence-corrected chi connectivity index (χ4v) is 3.48. The van der Waals surface area contributed by atoms with Crippen LogP contribution in [0.1, 0.15) is 18.5 Å². The number of rotatable bonds is 6. The van der Waals surface area contributed by atoms with Crippen molar-refractivity contribution < 1.29 is 14.3 Å². The van der Waals surface area contributed by atoms with Crippen LogP contribution in [0.2, 0.25) is 0 Å². The number of nitrogens with zero attached hydrogens (tertiary/aromatic N) is 2. The normalized spacial score (nSPS) is 16.1. The monoisotopic (exact) mass is 393 g/mol. The highest BCUT2D eigenvalue weighted by molar-refractivity contribution is 5.91. The summed E-state index contributed by atoms with van der Waals surface area (Å²) in [4.78, 5) is 25.1. The Balaban J connectivity index is 1.43. The first-order valence-electron chi connectivity index (χ1n) is 9.71. The Morgan fingerprint density at radius 2 is 2.07 bits per heavy atom. The first kappa shape index (κ1) is 19.1. The molecule has 1 atom stereocenters. The average Bonchev–Trinajstić information content (AvgIpc) is 3.24. The zero-order valence-electron chi connectivity index (χ0n) is 16.3. The molecule has 1 aliphatic rings. The van der Waals surface area contributed by atoms with Gasteiger partial charge in [-0.1, -0.05) is 24.3 Å². The van der Waals surface area contributed by atoms with Gasteiger partial charge in [-0.25, -0.2) is 4.68 Å². The van der Waals surface area contributed by atoms with E-state index in [2.05, 4.69) is 10.4 Å². The van der Waals surface area contributed by atoms with Crippen LogP contribution in [0.3, 0.4) is 0 Å². The SMILES string of the molecule is Cc1nn(CC(=O)Nc2cccc(OCC3CCCO3)c2)c(=O)c2ccccc12. The number of aryl methyl sites for hydroxylation is 1. The summed E-state index contributed by atoms with van der Waals surface area (Å²) < 4.78 is 12.5. The minimum atomic E-state index is -0.328. The lowest BCUT2D eigenvalue weighted by Crippen LogP contribution is -2.30. The molecule has 29 heavy (non-hydrogen) atoms. The maximum absolute atomic E-state index is 12.6. The van der Waals surface area contributed by atoms with Crippen LogP contribution in [0.25, 0.3) is 10.8 Å². The third-order valence-corrected chi connectivity index (χ3v) is 4.92. The molecule has 0 bridgehead atoms. The first-order chi connectivity index (χ1) is 14.1. The number of amides is 1. The molecule has 1 unspecified atom stereocenters. The van der Waals surface area contributed by atoms with Gasteiger partial charge in [0.25, 0.3) is 5.56 Å². The molecular formula is C22H23N3O4. The van der Waals surface area contributed by atoms with Gasteiger partial charge in [0.05, 0.1) is 17.2 Å². The van der Waals surface area contributed by atoms with Gasteiger partial charge < -0.3 is 14.8 Å². The van der Waals surface area contributed by atoms with E-state index in [-0.39, 0.29) is 24.1 Å². The summed E-state index contributed by atoms with van der Waals surface area (Å²) in [6.45, 7) is 2.94. The molecule has 2 aromatic carbocycles. The van der Waals surface area contributed by atoms with Gasteiger partial charge in [0.15, 0.2) is 0 Å². The predicted octanol–water partition coefficient (Wildman–Crippen LogP) is 2.90. The number of carbonyl (C=O) groups excluding carboxylic acids is 1. The maximum Gasteiger partial charge on any atom is 0.275 e. The van der Waals surface area contributed by atoms with Crippen molar-refractivity contribution in [3.63, 3.8) is 0 Å². The molecule has 1 saturated heterocycles. The lowest BCUT2D eigenvalue weighted by Gasteiger charge is -2.13. The van der Waals surface area contributed by atoms with Crippen molar-refractivity contribution in [3.05, 3.63) is 64.6 Å². The van der Waals surface area contributed by atoms with E-state index >= 15 is 0 Å². The van der Waals surface area contributed by atoms with Crippen molar-refractivity contribution in [2.24, 2.45) is 0 Å². The third-order valence-electron chi connectivity index (χ3n) is 4.92. The van der Waals surface area contributed by atoms with Crippen LogP contribution in [0.5, 0.6) is 5.75 Å². The Morgan fingerprint density at radius 1 is 1.24 bits per heavy atom. The van der Waals surface area contributed by atoms with E-state index in [1.54, 1.807) is 24.3 Å². The Hall–Kier alpha value is -3.19. The van der Waals surface area contributed by atoms with Gasteiger partial charge in [0.2, 0.25) is 5.91 Å². The van der Waals surface area contributed by atoms with Crippen LogP contribution in [0.4, 0.5) is 5.69 Å². The minimum absolute atomic E-state index is 0.127. The summed E-state index contributed by atoms with van der Waals surface area (Å²) in [5.74, 6) is 0.334. The lowest BCUT2D eigenvalue weighted by molar-refractivity contribution is -0.117. The molecule has 150 valence electrons. The summed E-state index contributed by atoms with van der Waals surface area (Å²) in [5, 5.41) is 8.43. The molecule has 2 heterocycles. The van der Waals surface area contributed by atoms with Gasteiger partial charge in [0, 0.05) is 23.7 Å². The molecule has 0 saturated carbocycles. The van der Waals surface area contributed by atoms with Crippen LogP contribution in [-0.2, 0) is 16.1 Å². The first-order valence-corrected chi connectivity index (χ1v) is 9.71. The Labute approximate surface area is 168 Å². The van der Waals surface area contributed by atoms with E-state index in [4.69, 9.17) is 9.47 Å². The van der Waals surface area contributed by atoms with Crippen molar-refractivity contribution in [1.29, 1.82) is 0 Å². The highest BCUT2D eigenvalue weighted by Gasteiger charge is 2.16. The molecule has 1 aromatic heterocycles. The molecule has 0 spiro atoms. The van der Waals surface area contributed by atoms with Gasteiger partial charge in [0.1, 0.15) is 18.9 Å². The number of carbonyl (C=O) groups is 1. The Bertz CT molecular complexity index is 1090. The van der Waals surface area contributed by atoms with E-state index in [1.165, 1.54) is 4.68 Å². The number of anilines is 1. The van der Waals surface area contributed by atoms with Gasteiger partial charge in [-0.2, -0.15) is 5.10 Å². The van der Waals surface area contributed by atoms with Gasteiger partial charge >= 0.3 is 0 Å². The second-order valence-electron chi connectivity index (χ2n) is 7.12. The lowest BCUT2D eigenvalue weighted by atomic mass is 10.1. The number of fused-ring (bicyclic) bond motifs is 1. The van der Waals surface area contributed by atoms with Crippen LogP contribution >= 0.6 is 0 Å². The molecule has 0 radical (unpaired) electrons. The summed E-state index contributed by atoms with van der Waals surface area (Å²) in [7, 11) is 0. The smallest absolute Gasteiger partial charge is 0.275 e. The Morgan fingerprint density at radius 3 is 2.86 bits per heavy atom. The van der Waals surface area contributed by atoms with Crippen LogP contribution in [0, 0.1) is 6.92 Å². The molecule has 1 fully saturated rings. The highest BCUT2D eigenvalue weighted by Crippen LogP contribution is 2.20. The van der Waals surface area contributed by atoms with E-state index in [0.717, 1.165) is 24.8 Å². The number of nitrogens with one attached hydrogen (secondary N) is 1. The zero-order chi connectivity index (χ0) is 20.2. The third kappa shape index (κ3) is 4.46. The second-order valence-corrected chi connectivity index (χ2v) is 7.12. The number of benzene rings is 2. The molecule has 0 aliphatic carbocycles. The molecular weight excluding hydrogens is 370 g/mol. The standard InChI is InChI=1S/C22H23N3O4/c1-15-19-9-2-3-10-20(19)22(27)25(24-15)13-21(26)23-16-6-4-7-17(12-16)29-14-18-8-5-11-28-18/h2-4,6-7,9-10,12,18H,5,8,11,13-14H2,1H3,(H,23,26). The van der Waals surface area contributed by atoms with Gasteiger partial charge in [-0.3, -0.25) is 9.59 Å². The topological polar surface area (TPSA) is 82.5 Å². The van der Waals surface area contributed by atoms with Crippen LogP contribution in [-0.4, -0.2) is 35.0 Å². The van der Waals surface area contributed by atoms with E-state index in [0.29, 0.717) is 29.1 Å². The number of aromatic nitrogens is 2. The summed E-state index contributed by atoms with van der Waals surface area (Å²) in [5.41, 5.74) is 1.03. The largest absolute Gasteiger partial charge is 0.491 e. The molecule has 1 aliphatic heterocycles. The van der Waals surface area contributed by atoms with Crippen molar-refractivity contribution >= 4 is 22.4 Å². The maximum atomic E-state index is 12.6. The molecule has 7 nitrogen and oxygen atoms in total. The quantitative estimate of drug-likeness (QED) is 0.696. The number of hydrogen-bond acceptors (Lipinski definition) is 5. The van der Waals surface area contributed by atoms with Crippen molar-refractivity contribution in [3.8, 4) is 5.75 Å². The van der Waals surface area contributed by atoms with Crippen molar-refractivity contribution in [2.45, 2.75) is 32.4 Å². The summed E-state index contributed by atoms with van der Waals surface area (Å²) in [6, 6.07) is 14.4. The molecule has 3 aromatic rings. The van der Waals surface area contributed by atoms with Gasteiger partial charge in [-0.15, -0.1) is 0 Å². The van der Waals surface area contributed by atoms with Crippen LogP contribution in [0.15, 0.2) is 53.3 Å². The van der Waals surface area contributed by atoms with Crippen LogP contribution < -0.4 is 15.6 Å². The summed E-state index contributed by atoms with van der Waals surface area (Å²) >= 11 is 0. The van der Waals surface area contributed by atoms with Gasteiger partial charge in [-0.05, 0) is 38.0 Å². The molecule has 4 rings (SSSR count). The fraction of sp³-hybridized carbons (Fsp3) is 0.318. The fourth-order valence-electron chi connectivity index (χ4n) is 3.48. The molecule has 1 N–H and O–H groups in total. The molecule has 1 amide bonds. The van der Waals surface area contributed by atoms with E-state index < -0.39 is 0 Å². The van der Waals surface area contributed by atoms with Crippen molar-refractivity contribution in [1.82, 2.24) is 9.78 Å². The number of ether oxygens (including phenoxy) is 2. The zero-order valence-corrected chi connectivity index (χ0v) is 16.3. The average molecular weight is 393 g/mol. The van der Waals surface area contributed by atoms with E-state index in [1.807, 2.05) is 31.2 Å². The van der Waals surface area contributed by atoms with E-state index in [9.17, 15) is 9.59 Å². The predicted molar refractivity (Wildman–Crippen MR) is 110 cm³/mol. The minimum Gasteiger partial charge on any atom is -0.491 e. The molecule has 7 heteroatoms. The Kier molecular flexibility index (Phi) is 5.57. The number of hydrogen-bond donors (Lipinski definition) is 1. The second kappa shape index (κ2) is 8.45. The highest BCUT2D eigenvalue weighted by atomic mass is 16.5. The van der Waals surface area contributed by atoms with Crippen molar-refractivity contribution in [2.75, 3.05) is 18.5 Å². The summed E-state index contributed by atoms with van der Waals surface area (Å²) in [6.07, 6.45) is 2.19.